The SMILES string of the molecule is CCCC(CCN)CCC(=O)N1CCN(S(C)(=O)=O)CC1. The van der Waals surface area contributed by atoms with Crippen LogP contribution in [0.25, 0.3) is 0 Å². The number of hydrogen-bond donors (Lipinski definition) is 1. The molecule has 2 N–H and O–H groups in total. The number of carbonyl (C=O) groups is 1. The van der Waals surface area contributed by atoms with E-state index < -0.39 is 10.0 Å². The average Bonchev–Trinajstić information content (AvgIpc) is 2.44. The molecule has 1 atom stereocenters. The molecular formula is C14H29N3O3S. The number of sulfonamides is 1. The topological polar surface area (TPSA) is 83.7 Å². The van der Waals surface area contributed by atoms with Crippen LogP contribution in [0.15, 0.2) is 0 Å². The predicted molar refractivity (Wildman–Crippen MR) is 84.3 cm³/mol. The van der Waals surface area contributed by atoms with Crippen molar-refractivity contribution in [2.45, 2.75) is 39.0 Å². The van der Waals surface area contributed by atoms with Gasteiger partial charge in [-0.3, -0.25) is 4.79 Å². The molecule has 21 heavy (non-hydrogen) atoms. The number of nitrogens with two attached hydrogens (primary N) is 1. The van der Waals surface area contributed by atoms with Gasteiger partial charge in [0.2, 0.25) is 15.9 Å². The van der Waals surface area contributed by atoms with E-state index in [2.05, 4.69) is 6.92 Å². The number of hydrogen-bond acceptors (Lipinski definition) is 4. The van der Waals surface area contributed by atoms with Gasteiger partial charge in [-0.25, -0.2) is 8.42 Å². The van der Waals surface area contributed by atoms with Gasteiger partial charge in [-0.1, -0.05) is 19.8 Å². The lowest BCUT2D eigenvalue weighted by atomic mass is 9.94. The summed E-state index contributed by atoms with van der Waals surface area (Å²) in [4.78, 5) is 14.0. The number of carbonyl (C=O) groups excluding carboxylic acids is 1. The lowest BCUT2D eigenvalue weighted by Gasteiger charge is -2.33. The molecule has 1 fully saturated rings. The fourth-order valence-corrected chi connectivity index (χ4v) is 3.66. The third-order valence-electron chi connectivity index (χ3n) is 4.10. The molecule has 0 aliphatic carbocycles. The molecule has 0 aromatic heterocycles. The molecule has 0 radical (unpaired) electrons. The van der Waals surface area contributed by atoms with Crippen LogP contribution in [-0.4, -0.2) is 62.5 Å². The first-order valence-electron chi connectivity index (χ1n) is 7.81. The van der Waals surface area contributed by atoms with Crippen LogP contribution in [0.5, 0.6) is 0 Å². The molecule has 0 aromatic carbocycles. The van der Waals surface area contributed by atoms with Gasteiger partial charge in [0.25, 0.3) is 0 Å². The van der Waals surface area contributed by atoms with Gasteiger partial charge < -0.3 is 10.6 Å². The zero-order chi connectivity index (χ0) is 15.9. The Hall–Kier alpha value is -0.660. The van der Waals surface area contributed by atoms with E-state index in [1.165, 1.54) is 10.6 Å². The Morgan fingerprint density at radius 2 is 1.76 bits per heavy atom. The summed E-state index contributed by atoms with van der Waals surface area (Å²) in [5.74, 6) is 0.669. The van der Waals surface area contributed by atoms with Gasteiger partial charge in [-0.2, -0.15) is 4.31 Å². The minimum atomic E-state index is -3.13. The largest absolute Gasteiger partial charge is 0.340 e. The van der Waals surface area contributed by atoms with Crippen molar-refractivity contribution in [2.24, 2.45) is 11.7 Å². The molecule has 1 amide bonds. The summed E-state index contributed by atoms with van der Waals surface area (Å²) < 4.78 is 24.3. The molecule has 0 bridgehead atoms. The summed E-state index contributed by atoms with van der Waals surface area (Å²) in [7, 11) is -3.13. The van der Waals surface area contributed by atoms with Crippen molar-refractivity contribution in [2.75, 3.05) is 39.0 Å². The summed E-state index contributed by atoms with van der Waals surface area (Å²) in [6.45, 7) is 4.64. The summed E-state index contributed by atoms with van der Waals surface area (Å²) in [5.41, 5.74) is 5.61. The van der Waals surface area contributed by atoms with Crippen LogP contribution >= 0.6 is 0 Å². The van der Waals surface area contributed by atoms with Crippen LogP contribution in [0.2, 0.25) is 0 Å². The van der Waals surface area contributed by atoms with Gasteiger partial charge in [-0.15, -0.1) is 0 Å². The fourth-order valence-electron chi connectivity index (χ4n) is 2.83. The van der Waals surface area contributed by atoms with Crippen LogP contribution in [0, 0.1) is 5.92 Å². The first kappa shape index (κ1) is 18.4. The van der Waals surface area contributed by atoms with E-state index in [0.29, 0.717) is 45.1 Å². The van der Waals surface area contributed by atoms with Gasteiger partial charge in [0.05, 0.1) is 6.26 Å². The quantitative estimate of drug-likeness (QED) is 0.711. The molecule has 0 aromatic rings. The third kappa shape index (κ3) is 6.32. The molecule has 1 aliphatic heterocycles. The van der Waals surface area contributed by atoms with Gasteiger partial charge in [0, 0.05) is 32.6 Å². The molecule has 1 unspecified atom stereocenters. The highest BCUT2D eigenvalue weighted by Crippen LogP contribution is 2.18. The van der Waals surface area contributed by atoms with E-state index in [-0.39, 0.29) is 5.91 Å². The molecule has 0 spiro atoms. The van der Waals surface area contributed by atoms with Crippen molar-refractivity contribution in [3.63, 3.8) is 0 Å². The van der Waals surface area contributed by atoms with E-state index >= 15 is 0 Å². The standard InChI is InChI=1S/C14H29N3O3S/c1-3-4-13(7-8-15)5-6-14(18)16-9-11-17(12-10-16)21(2,19)20/h13H,3-12,15H2,1-2H3. The second kappa shape index (κ2) is 8.70. The molecule has 1 rings (SSSR count). The van der Waals surface area contributed by atoms with Crippen LogP contribution in [0.4, 0.5) is 0 Å². The Labute approximate surface area is 128 Å². The zero-order valence-electron chi connectivity index (χ0n) is 13.3. The summed E-state index contributed by atoms with van der Waals surface area (Å²) in [5, 5.41) is 0. The van der Waals surface area contributed by atoms with Gasteiger partial charge in [0.1, 0.15) is 0 Å². The Bertz CT molecular complexity index is 411. The average molecular weight is 319 g/mol. The number of piperazine rings is 1. The van der Waals surface area contributed by atoms with Crippen molar-refractivity contribution in [3.05, 3.63) is 0 Å². The number of nitrogens with zero attached hydrogens (tertiary/aromatic N) is 2. The highest BCUT2D eigenvalue weighted by atomic mass is 32.2. The Morgan fingerprint density at radius 1 is 1.14 bits per heavy atom. The monoisotopic (exact) mass is 319 g/mol. The van der Waals surface area contributed by atoms with Gasteiger partial charge >= 0.3 is 0 Å². The fraction of sp³-hybridized carbons (Fsp3) is 0.929. The molecular weight excluding hydrogens is 290 g/mol. The lowest BCUT2D eigenvalue weighted by molar-refractivity contribution is -0.132. The molecule has 0 saturated carbocycles. The predicted octanol–water partition coefficient (Wildman–Crippen LogP) is 0.636. The Kier molecular flexibility index (Phi) is 7.62. The Balaban J connectivity index is 2.37. The maximum Gasteiger partial charge on any atom is 0.222 e. The highest BCUT2D eigenvalue weighted by Gasteiger charge is 2.26. The Morgan fingerprint density at radius 3 is 2.24 bits per heavy atom. The molecule has 7 heteroatoms. The second-order valence-corrected chi connectivity index (χ2v) is 7.80. The van der Waals surface area contributed by atoms with Crippen molar-refractivity contribution in [1.82, 2.24) is 9.21 Å². The van der Waals surface area contributed by atoms with Crippen LogP contribution < -0.4 is 5.73 Å². The second-order valence-electron chi connectivity index (χ2n) is 5.81. The minimum Gasteiger partial charge on any atom is -0.340 e. The third-order valence-corrected chi connectivity index (χ3v) is 5.40. The van der Waals surface area contributed by atoms with E-state index in [1.54, 1.807) is 4.90 Å². The molecule has 1 aliphatic rings. The van der Waals surface area contributed by atoms with Crippen LogP contribution in [-0.2, 0) is 14.8 Å². The highest BCUT2D eigenvalue weighted by molar-refractivity contribution is 7.88. The van der Waals surface area contributed by atoms with Crippen LogP contribution in [0.3, 0.4) is 0 Å². The molecule has 6 nitrogen and oxygen atoms in total. The first-order chi connectivity index (χ1) is 9.88. The van der Waals surface area contributed by atoms with E-state index in [0.717, 1.165) is 25.7 Å². The summed E-state index contributed by atoms with van der Waals surface area (Å²) in [6, 6.07) is 0. The van der Waals surface area contributed by atoms with Crippen molar-refractivity contribution >= 4 is 15.9 Å². The normalized spacial score (nSPS) is 18.7. The molecule has 1 saturated heterocycles. The van der Waals surface area contributed by atoms with E-state index in [1.807, 2.05) is 0 Å². The van der Waals surface area contributed by atoms with E-state index in [9.17, 15) is 13.2 Å². The van der Waals surface area contributed by atoms with Crippen molar-refractivity contribution < 1.29 is 13.2 Å². The number of amides is 1. The summed E-state index contributed by atoms with van der Waals surface area (Å²) >= 11 is 0. The van der Waals surface area contributed by atoms with E-state index in [4.69, 9.17) is 5.73 Å². The van der Waals surface area contributed by atoms with Gasteiger partial charge in [0.15, 0.2) is 0 Å². The van der Waals surface area contributed by atoms with Crippen molar-refractivity contribution in [3.8, 4) is 0 Å². The molecule has 124 valence electrons. The lowest BCUT2D eigenvalue weighted by Crippen LogP contribution is -2.50. The number of rotatable bonds is 8. The maximum atomic E-state index is 12.2. The van der Waals surface area contributed by atoms with Crippen LogP contribution in [0.1, 0.15) is 39.0 Å². The molecule has 1 heterocycles. The smallest absolute Gasteiger partial charge is 0.222 e. The maximum absolute atomic E-state index is 12.2. The van der Waals surface area contributed by atoms with Crippen molar-refractivity contribution in [1.29, 1.82) is 0 Å². The minimum absolute atomic E-state index is 0.140. The first-order valence-corrected chi connectivity index (χ1v) is 9.66. The summed E-state index contributed by atoms with van der Waals surface area (Å²) in [6.07, 6.45) is 5.85. The van der Waals surface area contributed by atoms with Gasteiger partial charge in [-0.05, 0) is 25.3 Å². The zero-order valence-corrected chi connectivity index (χ0v) is 14.1.